The number of likely N-dealkylation sites (N-methyl/N-ethyl adjacent to an activating group) is 2. The standard InChI is InChI=1S/C31H39N7O2.C30H32N6O2.C28H38N6O2S/c1-35-17-19-37(20-18-35)15-6-16-38-28-14-13-26(36(2)30(40)25-7-4-3-5-8-25)21-27(28)33-31(38)34-29(39)24-11-9-23(22-32)10-12-24;1-3-22-10-12-23(13-11-22)28(37)33-30-32-26-20-25(34(2)29(38)24-8-5-4-6-9-24)14-15-27(26)36(30)18-7-17-35-19-16-31-21-35;1-31-15-17-33(18-16-31)13-7-14-34-24-12-11-22(32(2)27(36)21-8-4-3-5-9-21)20-23(24)29-28(34)30-26(35)25-10-6-19-37-25/h9-14,21,25H,3-8,15-20H2,1-2H3,(H,33,34,39);1,10-16,19-21,24H,4-9,17-18H2,2H3,(H,32,33,37);6,10-12,19-21H,3-5,7-9,13-18H2,1-2H3,(H,29,30,35). The lowest BCUT2D eigenvalue weighted by molar-refractivity contribution is -0.123. The van der Waals surface area contributed by atoms with Gasteiger partial charge in [-0.2, -0.15) is 5.26 Å². The van der Waals surface area contributed by atoms with E-state index in [4.69, 9.17) is 26.6 Å². The summed E-state index contributed by atoms with van der Waals surface area (Å²) in [7, 11) is 9.88. The maximum Gasteiger partial charge on any atom is 0.268 e. The Labute approximate surface area is 678 Å². The van der Waals surface area contributed by atoms with Crippen LogP contribution in [-0.4, -0.2) is 194 Å². The first-order valence-electron chi connectivity index (χ1n) is 41.1. The highest BCUT2D eigenvalue weighted by molar-refractivity contribution is 7.12. The second kappa shape index (κ2) is 39.4. The summed E-state index contributed by atoms with van der Waals surface area (Å²) in [5.74, 6) is 4.21. The van der Waals surface area contributed by atoms with Gasteiger partial charge in [-0.15, -0.1) is 17.8 Å². The van der Waals surface area contributed by atoms with E-state index >= 15 is 0 Å². The molecule has 5 aliphatic rings. The van der Waals surface area contributed by atoms with E-state index in [2.05, 4.69) is 75.8 Å². The number of nitrogens with one attached hydrogen (secondary N) is 3. The van der Waals surface area contributed by atoms with Crippen LogP contribution in [-0.2, 0) is 40.6 Å². The van der Waals surface area contributed by atoms with Crippen molar-refractivity contribution in [1.82, 2.24) is 57.8 Å². The Hall–Kier alpha value is -10.9. The van der Waals surface area contributed by atoms with E-state index in [1.54, 1.807) is 75.8 Å². The Morgan fingerprint density at radius 3 is 1.19 bits per heavy atom. The number of benzene rings is 5. The molecule has 0 spiro atoms. The van der Waals surface area contributed by atoms with Crippen LogP contribution in [0.3, 0.4) is 0 Å². The van der Waals surface area contributed by atoms with E-state index in [1.165, 1.54) is 30.6 Å². The molecule has 3 N–H and O–H groups in total. The van der Waals surface area contributed by atoms with Gasteiger partial charge in [-0.3, -0.25) is 44.7 Å². The fraction of sp³-hybridized carbons (Fsp3) is 0.449. The number of hydrogen-bond acceptors (Lipinski definition) is 16. The van der Waals surface area contributed by atoms with Crippen LogP contribution in [0.15, 0.2) is 139 Å². The minimum atomic E-state index is -0.273. The van der Waals surface area contributed by atoms with Gasteiger partial charge in [0.1, 0.15) is 0 Å². The Morgan fingerprint density at radius 1 is 0.470 bits per heavy atom. The molecule has 25 nitrogen and oxygen atoms in total. The lowest BCUT2D eigenvalue weighted by atomic mass is 9.88. The normalized spacial score (nSPS) is 16.2. The minimum Gasteiger partial charge on any atom is -0.337 e. The maximum absolute atomic E-state index is 13.2. The van der Waals surface area contributed by atoms with Crippen molar-refractivity contribution in [2.75, 3.05) is 131 Å². The van der Waals surface area contributed by atoms with Crippen molar-refractivity contribution in [2.24, 2.45) is 17.8 Å². The van der Waals surface area contributed by atoms with Crippen molar-refractivity contribution in [3.05, 3.63) is 166 Å². The largest absolute Gasteiger partial charge is 0.337 e. The van der Waals surface area contributed by atoms with Crippen LogP contribution < -0.4 is 30.7 Å². The van der Waals surface area contributed by atoms with Crippen LogP contribution in [0.1, 0.15) is 157 Å². The SMILES string of the molecule is C#Cc1ccc(C(=O)Nc2nc3cc(N(C)C(=O)C4CCCCC4)ccc3n2CCCn2ccnc2)cc1.CN1CCN(CCCn2c(NC(=O)c3ccc(C#N)cc3)nc3cc(N(C)C(=O)C4CCCCC4)ccc32)CC1.CN1CCN(CCCn2c(NC(=O)c3cccs3)nc3cc(N(C)C(=O)C4CCCCC4)ccc32)CC1. The molecule has 10 aromatic rings. The predicted octanol–water partition coefficient (Wildman–Crippen LogP) is 14.0. The number of imidazole rings is 4. The molecular weight excluding hydrogens is 1460 g/mol. The molecule has 26 heteroatoms. The third-order valence-electron chi connectivity index (χ3n) is 23.5. The van der Waals surface area contributed by atoms with Gasteiger partial charge in [-0.05, 0) is 200 Å². The van der Waals surface area contributed by atoms with Gasteiger partial charge in [0.2, 0.25) is 35.6 Å². The van der Waals surface area contributed by atoms with E-state index < -0.39 is 0 Å². The van der Waals surface area contributed by atoms with Gasteiger partial charge in [-0.1, -0.05) is 69.8 Å². The number of aryl methyl sites for hydroxylation is 4. The van der Waals surface area contributed by atoms with Crippen LogP contribution in [0.2, 0.25) is 0 Å². The van der Waals surface area contributed by atoms with Crippen molar-refractivity contribution in [2.45, 2.75) is 142 Å². The molecule has 3 saturated carbocycles. The molecule has 0 atom stereocenters. The highest BCUT2D eigenvalue weighted by Crippen LogP contribution is 2.35. The number of nitriles is 1. The first kappa shape index (κ1) is 82.1. The number of nitrogens with zero attached hydrogens (tertiary/aromatic N) is 16. The van der Waals surface area contributed by atoms with Crippen LogP contribution >= 0.6 is 11.3 Å². The Morgan fingerprint density at radius 2 is 0.843 bits per heavy atom. The third kappa shape index (κ3) is 21.0. The van der Waals surface area contributed by atoms with Crippen LogP contribution in [0.5, 0.6) is 0 Å². The molecule has 15 rings (SSSR count). The summed E-state index contributed by atoms with van der Waals surface area (Å²) in [4.78, 5) is 113. The van der Waals surface area contributed by atoms with Gasteiger partial charge in [0.05, 0.1) is 55.9 Å². The quantitative estimate of drug-likeness (QED) is 0.0475. The van der Waals surface area contributed by atoms with Gasteiger partial charge >= 0.3 is 0 Å². The molecule has 5 aromatic carbocycles. The number of anilines is 6. The maximum atomic E-state index is 13.2. The van der Waals surface area contributed by atoms with Crippen molar-refractivity contribution >= 4 is 115 Å². The van der Waals surface area contributed by atoms with Crippen molar-refractivity contribution in [1.29, 1.82) is 5.26 Å². The molecule has 7 heterocycles. The summed E-state index contributed by atoms with van der Waals surface area (Å²) >= 11 is 1.42. The van der Waals surface area contributed by atoms with Gasteiger partial charge in [-0.25, -0.2) is 19.9 Å². The third-order valence-corrected chi connectivity index (χ3v) is 24.4. The number of fused-ring (bicyclic) bond motifs is 3. The topological polar surface area (TPSA) is 256 Å². The highest BCUT2D eigenvalue weighted by Gasteiger charge is 2.30. The molecule has 602 valence electrons. The van der Waals surface area contributed by atoms with Gasteiger partial charge in [0.15, 0.2) is 0 Å². The predicted molar refractivity (Wildman–Crippen MR) is 457 cm³/mol. The summed E-state index contributed by atoms with van der Waals surface area (Å²) in [6.45, 7) is 13.6. The van der Waals surface area contributed by atoms with E-state index in [1.807, 2.05) is 109 Å². The summed E-state index contributed by atoms with van der Waals surface area (Å²) in [6.07, 6.45) is 29.8. The molecule has 2 saturated heterocycles. The highest BCUT2D eigenvalue weighted by atomic mass is 32.1. The van der Waals surface area contributed by atoms with Gasteiger partial charge in [0.25, 0.3) is 17.7 Å². The fourth-order valence-electron chi connectivity index (χ4n) is 16.4. The molecule has 0 bridgehead atoms. The smallest absolute Gasteiger partial charge is 0.268 e. The molecule has 0 unspecified atom stereocenters. The van der Waals surface area contributed by atoms with Crippen molar-refractivity contribution < 1.29 is 28.8 Å². The lowest BCUT2D eigenvalue weighted by Crippen LogP contribution is -2.44. The fourth-order valence-corrected chi connectivity index (χ4v) is 17.0. The zero-order valence-corrected chi connectivity index (χ0v) is 68.0. The monoisotopic (exact) mass is 1570 g/mol. The van der Waals surface area contributed by atoms with E-state index in [-0.39, 0.29) is 53.2 Å². The van der Waals surface area contributed by atoms with E-state index in [9.17, 15) is 28.8 Å². The number of carbonyl (C=O) groups is 6. The Balaban J connectivity index is 0.000000150. The lowest BCUT2D eigenvalue weighted by Gasteiger charge is -2.32. The van der Waals surface area contributed by atoms with Crippen molar-refractivity contribution in [3.8, 4) is 18.4 Å². The summed E-state index contributed by atoms with van der Waals surface area (Å²) < 4.78 is 8.23. The number of rotatable bonds is 24. The number of amides is 6. The molecule has 5 fully saturated rings. The molecule has 0 radical (unpaired) electrons. The molecule has 3 aliphatic carbocycles. The average molecular weight is 1570 g/mol. The molecule has 6 amide bonds. The molecule has 2 aliphatic heterocycles. The van der Waals surface area contributed by atoms with Gasteiger partial charge in [0, 0.05) is 164 Å². The van der Waals surface area contributed by atoms with Crippen LogP contribution in [0.25, 0.3) is 33.1 Å². The second-order valence-corrected chi connectivity index (χ2v) is 32.3. The summed E-state index contributed by atoms with van der Waals surface area (Å²) in [5, 5.41) is 20.0. The second-order valence-electron chi connectivity index (χ2n) is 31.4. The first-order valence-corrected chi connectivity index (χ1v) is 42.0. The molecule has 115 heavy (non-hydrogen) atoms. The number of terminal acetylenes is 1. The number of hydrogen-bond donors (Lipinski definition) is 3. The van der Waals surface area contributed by atoms with Crippen LogP contribution in [0, 0.1) is 41.4 Å². The summed E-state index contributed by atoms with van der Waals surface area (Å²) in [5.41, 5.74) is 9.72. The van der Waals surface area contributed by atoms with E-state index in [0.717, 1.165) is 225 Å². The summed E-state index contributed by atoms with van der Waals surface area (Å²) in [6, 6.07) is 37.1. The molecular formula is C89H109N19O6S. The Bertz CT molecular complexity index is 5040. The first-order chi connectivity index (χ1) is 55.9. The van der Waals surface area contributed by atoms with Crippen molar-refractivity contribution in [3.63, 3.8) is 0 Å². The zero-order valence-electron chi connectivity index (χ0n) is 67.2. The van der Waals surface area contributed by atoms with Gasteiger partial charge < -0.3 is 52.6 Å². The van der Waals surface area contributed by atoms with Crippen LogP contribution in [0.4, 0.5) is 34.9 Å². The number of thiophene rings is 1. The zero-order chi connectivity index (χ0) is 80.3. The number of piperazine rings is 2. The Kier molecular flexibility index (Phi) is 28.2. The number of carbonyl (C=O) groups excluding carboxylic acids is 6. The molecule has 5 aromatic heterocycles. The average Bonchev–Trinajstić information content (AvgIpc) is 1.67. The minimum absolute atomic E-state index is 0.0842. The van der Waals surface area contributed by atoms with E-state index in [0.29, 0.717) is 58.1 Å². The number of aromatic nitrogens is 8.